The van der Waals surface area contributed by atoms with Crippen LogP contribution >= 0.6 is 0 Å². The van der Waals surface area contributed by atoms with Gasteiger partial charge in [-0.3, -0.25) is 0 Å². The summed E-state index contributed by atoms with van der Waals surface area (Å²) in [5.74, 6) is 0.256. The zero-order chi connectivity index (χ0) is 11.8. The van der Waals surface area contributed by atoms with Gasteiger partial charge >= 0.3 is 6.18 Å². The van der Waals surface area contributed by atoms with Crippen LogP contribution in [-0.2, 0) is 6.18 Å². The average molecular weight is 231 g/mol. The van der Waals surface area contributed by atoms with E-state index in [4.69, 9.17) is 5.73 Å². The fraction of sp³-hybridized carbons (Fsp3) is 0.500. The zero-order valence-electron chi connectivity index (χ0n) is 8.46. The van der Waals surface area contributed by atoms with E-state index in [2.05, 4.69) is 10.3 Å². The van der Waals surface area contributed by atoms with Gasteiger partial charge in [0.05, 0.1) is 0 Å². The third kappa shape index (κ3) is 2.44. The van der Waals surface area contributed by atoms with Crippen LogP contribution in [0.4, 0.5) is 19.0 Å². The van der Waals surface area contributed by atoms with Crippen LogP contribution < -0.4 is 11.1 Å². The molecule has 88 valence electrons. The minimum Gasteiger partial charge on any atom is -0.367 e. The number of pyridine rings is 1. The third-order valence-electron chi connectivity index (χ3n) is 2.57. The van der Waals surface area contributed by atoms with Crippen molar-refractivity contribution in [2.75, 3.05) is 5.32 Å². The maximum absolute atomic E-state index is 12.4. The van der Waals surface area contributed by atoms with Crippen LogP contribution in [0.2, 0.25) is 0 Å². The monoisotopic (exact) mass is 231 g/mol. The minimum absolute atomic E-state index is 0.144. The van der Waals surface area contributed by atoms with Crippen molar-refractivity contribution in [3.8, 4) is 0 Å². The van der Waals surface area contributed by atoms with Gasteiger partial charge < -0.3 is 11.1 Å². The highest BCUT2D eigenvalue weighted by molar-refractivity contribution is 5.37. The van der Waals surface area contributed by atoms with Crippen molar-refractivity contribution in [3.05, 3.63) is 23.9 Å². The van der Waals surface area contributed by atoms with Crippen LogP contribution in [0.3, 0.4) is 0 Å². The first-order valence-corrected chi connectivity index (χ1v) is 5.01. The Morgan fingerprint density at radius 2 is 2.00 bits per heavy atom. The van der Waals surface area contributed by atoms with E-state index in [9.17, 15) is 13.2 Å². The van der Waals surface area contributed by atoms with Crippen molar-refractivity contribution >= 4 is 5.82 Å². The molecule has 3 nitrogen and oxygen atoms in total. The quantitative estimate of drug-likeness (QED) is 0.818. The molecular formula is C10H12F3N3. The van der Waals surface area contributed by atoms with Crippen molar-refractivity contribution in [1.29, 1.82) is 0 Å². The molecule has 1 saturated carbocycles. The molecule has 1 fully saturated rings. The van der Waals surface area contributed by atoms with E-state index in [-0.39, 0.29) is 17.9 Å². The Morgan fingerprint density at radius 3 is 2.56 bits per heavy atom. The fourth-order valence-electron chi connectivity index (χ4n) is 1.66. The summed E-state index contributed by atoms with van der Waals surface area (Å²) in [6.45, 7) is 0. The van der Waals surface area contributed by atoms with Crippen molar-refractivity contribution in [3.63, 3.8) is 0 Å². The molecule has 0 saturated heterocycles. The first kappa shape index (κ1) is 11.2. The molecule has 0 aromatic carbocycles. The summed E-state index contributed by atoms with van der Waals surface area (Å²) in [5.41, 5.74) is 4.71. The molecule has 1 aliphatic carbocycles. The number of hydrogen-bond donors (Lipinski definition) is 2. The van der Waals surface area contributed by atoms with Gasteiger partial charge in [-0.1, -0.05) is 6.07 Å². The van der Waals surface area contributed by atoms with Gasteiger partial charge in [0.25, 0.3) is 0 Å². The Labute approximate surface area is 90.9 Å². The molecule has 0 bridgehead atoms. The summed E-state index contributed by atoms with van der Waals surface area (Å²) in [6.07, 6.45) is -2.84. The molecule has 0 amide bonds. The molecule has 6 heteroatoms. The molecule has 16 heavy (non-hydrogen) atoms. The Hall–Kier alpha value is -1.30. The van der Waals surface area contributed by atoms with Gasteiger partial charge in [0.15, 0.2) is 0 Å². The van der Waals surface area contributed by atoms with Gasteiger partial charge in [-0.15, -0.1) is 0 Å². The Morgan fingerprint density at radius 1 is 1.31 bits per heavy atom. The number of anilines is 1. The number of aromatic nitrogens is 1. The fourth-order valence-corrected chi connectivity index (χ4v) is 1.66. The average Bonchev–Trinajstić information content (AvgIpc) is 2.14. The third-order valence-corrected chi connectivity index (χ3v) is 2.57. The molecule has 0 aliphatic heterocycles. The molecule has 0 unspecified atom stereocenters. The van der Waals surface area contributed by atoms with Crippen molar-refractivity contribution in [2.45, 2.75) is 31.1 Å². The topological polar surface area (TPSA) is 50.9 Å². The first-order chi connectivity index (χ1) is 7.45. The highest BCUT2D eigenvalue weighted by atomic mass is 19.4. The van der Waals surface area contributed by atoms with Crippen molar-refractivity contribution in [1.82, 2.24) is 4.98 Å². The second-order valence-corrected chi connectivity index (χ2v) is 3.98. The molecule has 1 aromatic rings. The van der Waals surface area contributed by atoms with Gasteiger partial charge in [-0.2, -0.15) is 13.2 Å². The van der Waals surface area contributed by atoms with E-state index in [0.29, 0.717) is 0 Å². The molecule has 0 atom stereocenters. The highest BCUT2D eigenvalue weighted by Crippen LogP contribution is 2.29. The van der Waals surface area contributed by atoms with Crippen LogP contribution in [0.25, 0.3) is 0 Å². The molecule has 0 radical (unpaired) electrons. The number of nitrogens with one attached hydrogen (secondary N) is 1. The van der Waals surface area contributed by atoms with Gasteiger partial charge in [-0.05, 0) is 25.0 Å². The lowest BCUT2D eigenvalue weighted by Crippen LogP contribution is -2.44. The Kier molecular flexibility index (Phi) is 2.75. The van der Waals surface area contributed by atoms with Gasteiger partial charge in [-0.25, -0.2) is 4.98 Å². The van der Waals surface area contributed by atoms with Gasteiger partial charge in [0, 0.05) is 12.1 Å². The largest absolute Gasteiger partial charge is 0.433 e. The van der Waals surface area contributed by atoms with Crippen LogP contribution in [0.1, 0.15) is 18.5 Å². The predicted molar refractivity (Wildman–Crippen MR) is 53.9 cm³/mol. The molecule has 1 heterocycles. The van der Waals surface area contributed by atoms with Gasteiger partial charge in [0.2, 0.25) is 0 Å². The first-order valence-electron chi connectivity index (χ1n) is 5.01. The Bertz CT molecular complexity index is 372. The lowest BCUT2D eigenvalue weighted by atomic mass is 9.88. The van der Waals surface area contributed by atoms with E-state index in [1.165, 1.54) is 12.1 Å². The minimum atomic E-state index is -4.40. The summed E-state index contributed by atoms with van der Waals surface area (Å²) >= 11 is 0. The number of nitrogens with zero attached hydrogens (tertiary/aromatic N) is 1. The number of halogens is 3. The zero-order valence-corrected chi connectivity index (χ0v) is 8.46. The standard InChI is InChI=1S/C10H12F3N3/c11-10(12,13)8-2-1-3-9(16-8)15-7-4-6(14)5-7/h1-3,6-7H,4-5,14H2,(H,15,16). The summed E-state index contributed by atoms with van der Waals surface area (Å²) in [4.78, 5) is 3.51. The number of alkyl halides is 3. The molecule has 3 N–H and O–H groups in total. The summed E-state index contributed by atoms with van der Waals surface area (Å²) in [6, 6.07) is 4.13. The van der Waals surface area contributed by atoms with Gasteiger partial charge in [0.1, 0.15) is 11.5 Å². The normalized spacial score (nSPS) is 25.0. The lowest BCUT2D eigenvalue weighted by Gasteiger charge is -2.33. The van der Waals surface area contributed by atoms with Crippen LogP contribution in [0.15, 0.2) is 18.2 Å². The Balaban J connectivity index is 2.05. The molecule has 0 spiro atoms. The molecule has 1 aromatic heterocycles. The number of hydrogen-bond acceptors (Lipinski definition) is 3. The highest BCUT2D eigenvalue weighted by Gasteiger charge is 2.33. The summed E-state index contributed by atoms with van der Waals surface area (Å²) < 4.78 is 37.1. The van der Waals surface area contributed by atoms with E-state index in [0.717, 1.165) is 18.9 Å². The number of nitrogens with two attached hydrogens (primary N) is 1. The maximum Gasteiger partial charge on any atom is 0.433 e. The molecule has 1 aliphatic rings. The smallest absolute Gasteiger partial charge is 0.367 e. The van der Waals surface area contributed by atoms with E-state index >= 15 is 0 Å². The summed E-state index contributed by atoms with van der Waals surface area (Å²) in [7, 11) is 0. The van der Waals surface area contributed by atoms with Crippen molar-refractivity contribution in [2.24, 2.45) is 5.73 Å². The summed E-state index contributed by atoms with van der Waals surface area (Å²) in [5, 5.41) is 2.93. The van der Waals surface area contributed by atoms with E-state index < -0.39 is 11.9 Å². The van der Waals surface area contributed by atoms with Crippen molar-refractivity contribution < 1.29 is 13.2 Å². The SMILES string of the molecule is NC1CC(Nc2cccc(C(F)(F)F)n2)C1. The number of rotatable bonds is 2. The van der Waals surface area contributed by atoms with E-state index in [1.807, 2.05) is 0 Å². The van der Waals surface area contributed by atoms with E-state index in [1.54, 1.807) is 0 Å². The maximum atomic E-state index is 12.4. The van der Waals surface area contributed by atoms with Crippen LogP contribution in [0.5, 0.6) is 0 Å². The molecular weight excluding hydrogens is 219 g/mol. The van der Waals surface area contributed by atoms with Crippen LogP contribution in [-0.4, -0.2) is 17.1 Å². The second kappa shape index (κ2) is 3.93. The predicted octanol–water partition coefficient (Wildman–Crippen LogP) is 2.00. The molecule has 2 rings (SSSR count). The second-order valence-electron chi connectivity index (χ2n) is 3.98. The van der Waals surface area contributed by atoms with Crippen LogP contribution in [0, 0.1) is 0 Å². The lowest BCUT2D eigenvalue weighted by molar-refractivity contribution is -0.141.